The third kappa shape index (κ3) is 2.50. The highest BCUT2D eigenvalue weighted by Gasteiger charge is 2.15. The maximum Gasteiger partial charge on any atom is 0.150 e. The summed E-state index contributed by atoms with van der Waals surface area (Å²) in [5, 5.41) is 4.38. The molecule has 154 valence electrons. The van der Waals surface area contributed by atoms with Gasteiger partial charge < -0.3 is 9.13 Å². The molecule has 0 fully saturated rings. The van der Waals surface area contributed by atoms with E-state index in [4.69, 9.17) is 0 Å². The average molecular weight is 416 g/mol. The van der Waals surface area contributed by atoms with Gasteiger partial charge in [-0.25, -0.2) is 0 Å². The van der Waals surface area contributed by atoms with E-state index in [0.717, 1.165) is 68.4 Å². The molecule has 6 aromatic rings. The molecule has 0 aliphatic carbocycles. The van der Waals surface area contributed by atoms with Gasteiger partial charge in [0.1, 0.15) is 12.6 Å². The first-order valence-electron chi connectivity index (χ1n) is 10.7. The number of benzene rings is 4. The molecule has 0 aliphatic rings. The molecule has 0 unspecified atom stereocenters. The maximum atomic E-state index is 11.4. The van der Waals surface area contributed by atoms with Gasteiger partial charge in [-0.15, -0.1) is 0 Å². The minimum Gasteiger partial charge on any atom is -0.341 e. The monoisotopic (exact) mass is 416 g/mol. The van der Waals surface area contributed by atoms with Crippen LogP contribution in [0.25, 0.3) is 49.3 Å². The summed E-state index contributed by atoms with van der Waals surface area (Å²) in [6.45, 7) is 2.99. The van der Waals surface area contributed by atoms with Crippen molar-refractivity contribution in [3.8, 4) is 5.69 Å². The predicted octanol–water partition coefficient (Wildman–Crippen LogP) is 6.54. The molecule has 2 aromatic heterocycles. The number of carbonyl (C=O) groups excluding carboxylic acids is 2. The minimum atomic E-state index is 0.670. The Labute approximate surface area is 184 Å². The Morgan fingerprint density at radius 2 is 1.19 bits per heavy atom. The number of nitrogens with zero attached hydrogens (tertiary/aromatic N) is 2. The summed E-state index contributed by atoms with van der Waals surface area (Å²) in [6.07, 6.45) is 1.79. The van der Waals surface area contributed by atoms with Gasteiger partial charge in [0, 0.05) is 55.9 Å². The van der Waals surface area contributed by atoms with Crippen LogP contribution in [0.1, 0.15) is 27.6 Å². The van der Waals surface area contributed by atoms with Crippen molar-refractivity contribution in [1.82, 2.24) is 9.13 Å². The molecule has 4 nitrogen and oxygen atoms in total. The van der Waals surface area contributed by atoms with E-state index in [-0.39, 0.29) is 0 Å². The molecule has 32 heavy (non-hydrogen) atoms. The van der Waals surface area contributed by atoms with E-state index >= 15 is 0 Å². The van der Waals surface area contributed by atoms with E-state index < -0.39 is 0 Å². The zero-order chi connectivity index (χ0) is 21.8. The van der Waals surface area contributed by atoms with Gasteiger partial charge in [0.15, 0.2) is 0 Å². The van der Waals surface area contributed by atoms with Crippen LogP contribution >= 0.6 is 0 Å². The molecule has 6 rings (SSSR count). The smallest absolute Gasteiger partial charge is 0.150 e. The molecular formula is C28H20N2O2. The second-order valence-corrected chi connectivity index (χ2v) is 8.09. The molecule has 0 radical (unpaired) electrons. The van der Waals surface area contributed by atoms with Crippen LogP contribution in [-0.4, -0.2) is 21.7 Å². The quantitative estimate of drug-likeness (QED) is 0.306. The van der Waals surface area contributed by atoms with E-state index in [2.05, 4.69) is 46.4 Å². The van der Waals surface area contributed by atoms with Crippen molar-refractivity contribution >= 4 is 56.2 Å². The largest absolute Gasteiger partial charge is 0.341 e. The summed E-state index contributed by atoms with van der Waals surface area (Å²) in [7, 11) is 0. The molecule has 0 saturated heterocycles. The third-order valence-corrected chi connectivity index (χ3v) is 6.42. The predicted molar refractivity (Wildman–Crippen MR) is 130 cm³/mol. The average Bonchev–Trinajstić information content (AvgIpc) is 3.35. The first-order valence-corrected chi connectivity index (χ1v) is 10.7. The Bertz CT molecular complexity index is 1700. The number of aldehydes is 2. The van der Waals surface area contributed by atoms with E-state index in [9.17, 15) is 9.59 Å². The lowest BCUT2D eigenvalue weighted by atomic mass is 10.1. The number of rotatable bonds is 4. The number of aromatic nitrogens is 2. The Hall–Kier alpha value is -4.18. The van der Waals surface area contributed by atoms with Crippen molar-refractivity contribution in [2.75, 3.05) is 0 Å². The van der Waals surface area contributed by atoms with Crippen molar-refractivity contribution in [3.05, 3.63) is 90.0 Å². The number of carbonyl (C=O) groups is 2. The Morgan fingerprint density at radius 1 is 0.625 bits per heavy atom. The second kappa shape index (κ2) is 6.92. The standard InChI is InChI=1S/C28H20N2O2/c1-2-29-25-10-7-18(16-31)14-23(25)24-15-20(9-12-26(24)29)30-27-6-4-3-5-21(27)22-13-19(17-32)8-11-28(22)30/h3-17H,2H2,1H3. The zero-order valence-corrected chi connectivity index (χ0v) is 17.6. The van der Waals surface area contributed by atoms with Crippen LogP contribution in [0.4, 0.5) is 0 Å². The molecule has 0 aliphatic heterocycles. The van der Waals surface area contributed by atoms with Gasteiger partial charge in [0.05, 0.1) is 11.0 Å². The van der Waals surface area contributed by atoms with Crippen LogP contribution in [0.5, 0.6) is 0 Å². The third-order valence-electron chi connectivity index (χ3n) is 6.42. The van der Waals surface area contributed by atoms with Gasteiger partial charge in [-0.05, 0) is 67.6 Å². The molecular weight excluding hydrogens is 396 g/mol. The van der Waals surface area contributed by atoms with Gasteiger partial charge in [0.2, 0.25) is 0 Å². The lowest BCUT2D eigenvalue weighted by Gasteiger charge is -2.09. The molecule has 0 bridgehead atoms. The fourth-order valence-electron chi connectivity index (χ4n) is 5.00. The van der Waals surface area contributed by atoms with E-state index in [1.807, 2.05) is 48.5 Å². The van der Waals surface area contributed by atoms with Crippen LogP contribution in [0.2, 0.25) is 0 Å². The fraction of sp³-hybridized carbons (Fsp3) is 0.0714. The van der Waals surface area contributed by atoms with E-state index in [0.29, 0.717) is 11.1 Å². The lowest BCUT2D eigenvalue weighted by Crippen LogP contribution is -1.95. The zero-order valence-electron chi connectivity index (χ0n) is 17.6. The first-order chi connectivity index (χ1) is 15.7. The van der Waals surface area contributed by atoms with Crippen LogP contribution < -0.4 is 0 Å². The summed E-state index contributed by atoms with van der Waals surface area (Å²) in [4.78, 5) is 22.8. The van der Waals surface area contributed by atoms with Crippen molar-refractivity contribution in [3.63, 3.8) is 0 Å². The number of hydrogen-bond acceptors (Lipinski definition) is 2. The molecule has 2 heterocycles. The number of para-hydroxylation sites is 1. The Morgan fingerprint density at radius 3 is 1.88 bits per heavy atom. The molecule has 0 N–H and O–H groups in total. The Kier molecular flexibility index (Phi) is 4.02. The summed E-state index contributed by atoms with van der Waals surface area (Å²) in [6, 6.07) is 26.5. The topological polar surface area (TPSA) is 44.0 Å². The van der Waals surface area contributed by atoms with Crippen molar-refractivity contribution in [2.45, 2.75) is 13.5 Å². The van der Waals surface area contributed by atoms with Crippen molar-refractivity contribution in [1.29, 1.82) is 0 Å². The van der Waals surface area contributed by atoms with Crippen molar-refractivity contribution in [2.24, 2.45) is 0 Å². The maximum absolute atomic E-state index is 11.4. The van der Waals surface area contributed by atoms with E-state index in [1.54, 1.807) is 0 Å². The van der Waals surface area contributed by atoms with Gasteiger partial charge >= 0.3 is 0 Å². The Balaban J connectivity index is 1.72. The highest BCUT2D eigenvalue weighted by atomic mass is 16.1. The molecule has 4 heteroatoms. The highest BCUT2D eigenvalue weighted by Crippen LogP contribution is 2.36. The molecule has 4 aromatic carbocycles. The first kappa shape index (κ1) is 18.6. The number of fused-ring (bicyclic) bond motifs is 6. The van der Waals surface area contributed by atoms with Crippen LogP contribution in [0.15, 0.2) is 78.9 Å². The van der Waals surface area contributed by atoms with Crippen molar-refractivity contribution < 1.29 is 9.59 Å². The molecule has 0 spiro atoms. The normalized spacial score (nSPS) is 11.7. The highest BCUT2D eigenvalue weighted by molar-refractivity contribution is 6.12. The summed E-state index contributed by atoms with van der Waals surface area (Å²) >= 11 is 0. The van der Waals surface area contributed by atoms with Crippen LogP contribution in [-0.2, 0) is 6.54 Å². The van der Waals surface area contributed by atoms with Crippen LogP contribution in [0, 0.1) is 0 Å². The summed E-state index contributed by atoms with van der Waals surface area (Å²) in [5.74, 6) is 0. The summed E-state index contributed by atoms with van der Waals surface area (Å²) < 4.78 is 4.53. The van der Waals surface area contributed by atoms with Gasteiger partial charge in [-0.1, -0.05) is 18.2 Å². The molecule has 0 saturated carbocycles. The number of hydrogen-bond donors (Lipinski definition) is 0. The van der Waals surface area contributed by atoms with E-state index in [1.165, 1.54) is 0 Å². The molecule has 0 amide bonds. The lowest BCUT2D eigenvalue weighted by molar-refractivity contribution is 0.111. The summed E-state index contributed by atoms with van der Waals surface area (Å²) in [5.41, 5.74) is 6.83. The fourth-order valence-corrected chi connectivity index (χ4v) is 5.00. The minimum absolute atomic E-state index is 0.670. The molecule has 0 atom stereocenters. The van der Waals surface area contributed by atoms with Gasteiger partial charge in [-0.2, -0.15) is 0 Å². The van der Waals surface area contributed by atoms with Gasteiger partial charge in [-0.3, -0.25) is 9.59 Å². The SMILES string of the molecule is CCn1c2ccc(C=O)cc2c2cc(-n3c4ccccc4c4cc(C=O)ccc43)ccc21. The van der Waals surface area contributed by atoms with Crippen LogP contribution in [0.3, 0.4) is 0 Å². The second-order valence-electron chi connectivity index (χ2n) is 8.09. The van der Waals surface area contributed by atoms with Gasteiger partial charge in [0.25, 0.3) is 0 Å². The number of aryl methyl sites for hydroxylation is 1.